The van der Waals surface area contributed by atoms with Crippen LogP contribution in [0, 0.1) is 11.3 Å². The number of amides is 1. The van der Waals surface area contributed by atoms with Gasteiger partial charge in [-0.1, -0.05) is 42.5 Å². The van der Waals surface area contributed by atoms with E-state index in [9.17, 15) is 14.7 Å². The van der Waals surface area contributed by atoms with Gasteiger partial charge >= 0.3 is 5.97 Å². The summed E-state index contributed by atoms with van der Waals surface area (Å²) in [5.74, 6) is -2.40. The number of nitrogens with zero attached hydrogens (tertiary/aromatic N) is 3. The highest BCUT2D eigenvalue weighted by atomic mass is 32.1. The van der Waals surface area contributed by atoms with Crippen LogP contribution < -0.4 is 5.32 Å². The van der Waals surface area contributed by atoms with E-state index < -0.39 is 18.4 Å². The van der Waals surface area contributed by atoms with Crippen LogP contribution in [0.2, 0.25) is 0 Å². The molecule has 1 amide bonds. The van der Waals surface area contributed by atoms with Crippen LogP contribution in [0.1, 0.15) is 16.1 Å². The van der Waals surface area contributed by atoms with E-state index in [0.29, 0.717) is 32.0 Å². The molecule has 31 heavy (non-hydrogen) atoms. The normalized spacial score (nSPS) is 10.5. The molecular weight excluding hydrogens is 416 g/mol. The highest BCUT2D eigenvalue weighted by molar-refractivity contribution is 7.22. The Morgan fingerprint density at radius 1 is 1.03 bits per heavy atom. The van der Waals surface area contributed by atoms with Crippen molar-refractivity contribution in [1.29, 1.82) is 5.26 Å². The minimum atomic E-state index is -1.22. The second kappa shape index (κ2) is 8.22. The molecule has 4 aromatic rings. The van der Waals surface area contributed by atoms with Crippen LogP contribution in [-0.4, -0.2) is 38.6 Å². The van der Waals surface area contributed by atoms with Gasteiger partial charge in [0.25, 0.3) is 5.91 Å². The molecule has 0 radical (unpaired) electrons. The summed E-state index contributed by atoms with van der Waals surface area (Å²) in [5, 5.41) is 31.5. The van der Waals surface area contributed by atoms with Crippen molar-refractivity contribution in [2.75, 3.05) is 6.54 Å². The number of carbonyl (C=O) groups excluding carboxylic acids is 1. The van der Waals surface area contributed by atoms with Gasteiger partial charge in [0.15, 0.2) is 11.4 Å². The van der Waals surface area contributed by atoms with Gasteiger partial charge in [-0.05, 0) is 12.1 Å². The van der Waals surface area contributed by atoms with Gasteiger partial charge in [-0.15, -0.1) is 11.3 Å². The van der Waals surface area contributed by atoms with Crippen molar-refractivity contribution in [2.45, 2.75) is 0 Å². The van der Waals surface area contributed by atoms with E-state index in [1.54, 1.807) is 24.3 Å². The Kier molecular flexibility index (Phi) is 5.30. The fourth-order valence-corrected chi connectivity index (χ4v) is 3.99. The first-order valence-corrected chi connectivity index (χ1v) is 9.89. The quantitative estimate of drug-likeness (QED) is 0.441. The van der Waals surface area contributed by atoms with Gasteiger partial charge in [-0.3, -0.25) is 9.59 Å². The Labute approximate surface area is 180 Å². The molecule has 2 aromatic carbocycles. The smallest absolute Gasteiger partial charge is 0.322 e. The van der Waals surface area contributed by atoms with Crippen molar-refractivity contribution in [3.05, 3.63) is 65.9 Å². The molecule has 0 aliphatic carbocycles. The molecule has 0 aliphatic heterocycles. The van der Waals surface area contributed by atoms with Crippen LogP contribution >= 0.6 is 11.3 Å². The van der Waals surface area contributed by atoms with E-state index in [1.165, 1.54) is 11.3 Å². The van der Waals surface area contributed by atoms with Gasteiger partial charge in [0, 0.05) is 11.1 Å². The monoisotopic (exact) mass is 430 g/mol. The lowest BCUT2D eigenvalue weighted by Gasteiger charge is -2.09. The van der Waals surface area contributed by atoms with Crippen LogP contribution in [0.25, 0.3) is 32.0 Å². The molecule has 0 aliphatic rings. The number of carboxylic acid groups (broad SMARTS) is 1. The number of rotatable bonds is 5. The van der Waals surface area contributed by atoms with E-state index in [0.717, 1.165) is 5.56 Å². The maximum absolute atomic E-state index is 12.5. The van der Waals surface area contributed by atoms with Crippen LogP contribution in [0.3, 0.4) is 0 Å². The molecule has 2 heterocycles. The van der Waals surface area contributed by atoms with Gasteiger partial charge < -0.3 is 15.5 Å². The highest BCUT2D eigenvalue weighted by Crippen LogP contribution is 2.41. The van der Waals surface area contributed by atoms with Gasteiger partial charge in [0.05, 0.1) is 17.3 Å². The molecule has 0 saturated carbocycles. The third-order valence-electron chi connectivity index (χ3n) is 4.44. The number of hydrogen-bond acceptors (Lipinski definition) is 7. The lowest BCUT2D eigenvalue weighted by Crippen LogP contribution is -2.30. The Morgan fingerprint density at radius 2 is 1.74 bits per heavy atom. The Balaban J connectivity index is 1.93. The summed E-state index contributed by atoms with van der Waals surface area (Å²) in [6.07, 6.45) is 0. The zero-order valence-corrected chi connectivity index (χ0v) is 16.7. The largest absolute Gasteiger partial charge is 0.504 e. The second-order valence-electron chi connectivity index (χ2n) is 6.49. The van der Waals surface area contributed by atoms with E-state index in [1.807, 2.05) is 36.4 Å². The number of carboxylic acids is 1. The Bertz CT molecular complexity index is 1340. The van der Waals surface area contributed by atoms with Crippen LogP contribution in [-0.2, 0) is 4.79 Å². The molecular formula is C22H14N4O4S. The first-order valence-electron chi connectivity index (χ1n) is 9.07. The number of aliphatic carboxylic acids is 1. The molecule has 0 saturated heterocycles. The first-order chi connectivity index (χ1) is 15.0. The van der Waals surface area contributed by atoms with Crippen LogP contribution in [0.15, 0.2) is 54.6 Å². The number of aromatic hydroxyl groups is 1. The highest BCUT2D eigenvalue weighted by Gasteiger charge is 2.24. The number of pyridine rings is 1. The maximum Gasteiger partial charge on any atom is 0.322 e. The van der Waals surface area contributed by atoms with Gasteiger partial charge in [-0.25, -0.2) is 9.97 Å². The minimum Gasteiger partial charge on any atom is -0.504 e. The number of thiazole rings is 1. The molecule has 0 spiro atoms. The summed E-state index contributed by atoms with van der Waals surface area (Å²) in [6.45, 7) is -0.609. The third kappa shape index (κ3) is 3.92. The molecule has 9 heteroatoms. The number of benzene rings is 2. The number of nitrogens with one attached hydrogen (secondary N) is 1. The average Bonchev–Trinajstić information content (AvgIpc) is 3.25. The van der Waals surface area contributed by atoms with E-state index in [2.05, 4.69) is 15.3 Å². The fourth-order valence-electron chi connectivity index (χ4n) is 2.97. The first kappa shape index (κ1) is 20.0. The summed E-state index contributed by atoms with van der Waals surface area (Å²) in [4.78, 5) is 32.3. The molecule has 0 bridgehead atoms. The average molecular weight is 430 g/mol. The summed E-state index contributed by atoms with van der Waals surface area (Å²) >= 11 is 1.20. The number of fused-ring (bicyclic) bond motifs is 1. The van der Waals surface area contributed by atoms with E-state index in [-0.39, 0.29) is 11.4 Å². The fraction of sp³-hybridized carbons (Fsp3) is 0.0455. The van der Waals surface area contributed by atoms with Gasteiger partial charge in [0.2, 0.25) is 0 Å². The van der Waals surface area contributed by atoms with E-state index in [4.69, 9.17) is 10.4 Å². The number of aromatic nitrogens is 2. The number of carbonyl (C=O) groups is 2. The summed E-state index contributed by atoms with van der Waals surface area (Å²) in [7, 11) is 0. The SMILES string of the molecule is N#Cc1ccc(-c2nc(C(=O)NCC(=O)O)c(O)c3sc(-c4ccccc4)nc23)cc1. The van der Waals surface area contributed by atoms with Gasteiger partial charge in [-0.2, -0.15) is 5.26 Å². The van der Waals surface area contributed by atoms with Crippen molar-refractivity contribution >= 4 is 33.4 Å². The summed E-state index contributed by atoms with van der Waals surface area (Å²) in [5.41, 5.74) is 2.35. The predicted octanol–water partition coefficient (Wildman–Crippen LogP) is 3.42. The molecule has 2 aromatic heterocycles. The standard InChI is InChI=1S/C22H14N4O4S/c23-10-12-6-8-13(9-7-12)16-17-20(31-22(26-17)14-4-2-1-3-5-14)19(29)18(25-16)21(30)24-11-15(27)28/h1-9,29H,11H2,(H,24,30)(H,27,28). The molecule has 3 N–H and O–H groups in total. The minimum absolute atomic E-state index is 0.295. The number of hydrogen-bond donors (Lipinski definition) is 3. The Morgan fingerprint density at radius 3 is 2.39 bits per heavy atom. The zero-order valence-electron chi connectivity index (χ0n) is 15.9. The van der Waals surface area contributed by atoms with Crippen molar-refractivity contribution < 1.29 is 19.8 Å². The predicted molar refractivity (Wildman–Crippen MR) is 115 cm³/mol. The lowest BCUT2D eigenvalue weighted by atomic mass is 10.1. The zero-order chi connectivity index (χ0) is 22.0. The molecule has 152 valence electrons. The molecule has 8 nitrogen and oxygen atoms in total. The van der Waals surface area contributed by atoms with Crippen molar-refractivity contribution in [1.82, 2.24) is 15.3 Å². The van der Waals surface area contributed by atoms with Gasteiger partial charge in [0.1, 0.15) is 21.8 Å². The maximum atomic E-state index is 12.5. The molecule has 4 rings (SSSR count). The van der Waals surface area contributed by atoms with Crippen molar-refractivity contribution in [3.63, 3.8) is 0 Å². The van der Waals surface area contributed by atoms with Crippen LogP contribution in [0.4, 0.5) is 0 Å². The van der Waals surface area contributed by atoms with E-state index >= 15 is 0 Å². The lowest BCUT2D eigenvalue weighted by molar-refractivity contribution is -0.135. The third-order valence-corrected chi connectivity index (χ3v) is 5.55. The number of nitriles is 1. The molecule has 0 fully saturated rings. The molecule has 0 unspecified atom stereocenters. The second-order valence-corrected chi connectivity index (χ2v) is 7.49. The Hall–Kier alpha value is -4.29. The van der Waals surface area contributed by atoms with Crippen LogP contribution in [0.5, 0.6) is 5.75 Å². The molecule has 0 atom stereocenters. The summed E-state index contributed by atoms with van der Waals surface area (Å²) < 4.78 is 0.355. The van der Waals surface area contributed by atoms with Crippen molar-refractivity contribution in [3.8, 4) is 33.6 Å². The topological polar surface area (TPSA) is 136 Å². The summed E-state index contributed by atoms with van der Waals surface area (Å²) in [6, 6.07) is 18.0. The van der Waals surface area contributed by atoms with Crippen molar-refractivity contribution in [2.24, 2.45) is 0 Å².